The number of nitrogens with zero attached hydrogens (tertiary/aromatic N) is 1. The van der Waals surface area contributed by atoms with Crippen molar-refractivity contribution in [2.24, 2.45) is 5.92 Å². The van der Waals surface area contributed by atoms with E-state index in [0.717, 1.165) is 5.52 Å². The number of amides is 1. The molecule has 2 N–H and O–H groups in total. The average molecular weight is 308 g/mol. The predicted molar refractivity (Wildman–Crippen MR) is 83.2 cm³/mol. The van der Waals surface area contributed by atoms with Gasteiger partial charge in [0.1, 0.15) is 5.52 Å². The molecule has 0 aliphatic rings. The molecule has 0 spiro atoms. The molecule has 0 saturated heterocycles. The number of fused-ring (bicyclic) bond motifs is 1. The van der Waals surface area contributed by atoms with Gasteiger partial charge in [-0.05, 0) is 25.0 Å². The maximum atomic E-state index is 11.8. The van der Waals surface area contributed by atoms with E-state index in [-0.39, 0.29) is 24.1 Å². The normalized spacial score (nSPS) is 14.3. The summed E-state index contributed by atoms with van der Waals surface area (Å²) in [6, 6.07) is 7.47. The van der Waals surface area contributed by atoms with Gasteiger partial charge in [-0.25, -0.2) is 4.98 Å². The summed E-state index contributed by atoms with van der Waals surface area (Å²) in [5.74, 6) is 0.131. The maximum Gasteiger partial charge on any atom is 0.257 e. The number of rotatable bonds is 6. The lowest BCUT2D eigenvalue weighted by Crippen LogP contribution is -2.44. The molecule has 21 heavy (non-hydrogen) atoms. The van der Waals surface area contributed by atoms with Gasteiger partial charge in [-0.1, -0.05) is 37.7 Å². The largest absolute Gasteiger partial charge is 0.431 e. The Morgan fingerprint density at radius 2 is 2.19 bits per heavy atom. The van der Waals surface area contributed by atoms with Crippen LogP contribution in [0, 0.1) is 5.92 Å². The number of carbonyl (C=O) groups excluding carboxylic acids is 1. The molecule has 1 aromatic carbocycles. The van der Waals surface area contributed by atoms with Crippen LogP contribution in [-0.2, 0) is 4.79 Å². The molecule has 0 aliphatic heterocycles. The van der Waals surface area contributed by atoms with Gasteiger partial charge < -0.3 is 14.8 Å². The van der Waals surface area contributed by atoms with Crippen LogP contribution in [0.2, 0.25) is 0 Å². The second kappa shape index (κ2) is 6.49. The van der Waals surface area contributed by atoms with E-state index < -0.39 is 5.60 Å². The monoisotopic (exact) mass is 308 g/mol. The van der Waals surface area contributed by atoms with Crippen molar-refractivity contribution in [3.05, 3.63) is 24.3 Å². The first kappa shape index (κ1) is 15.9. The van der Waals surface area contributed by atoms with Crippen molar-refractivity contribution in [3.63, 3.8) is 0 Å². The number of hydrogen-bond donors (Lipinski definition) is 2. The molecule has 2 aromatic rings. The van der Waals surface area contributed by atoms with E-state index in [1.165, 1.54) is 11.8 Å². The SMILES string of the molecule is CC(C)C(C)(O)CNC(=O)CSc1nc2ccccc2o1. The van der Waals surface area contributed by atoms with Crippen LogP contribution in [0.15, 0.2) is 33.9 Å². The van der Waals surface area contributed by atoms with Gasteiger partial charge in [0, 0.05) is 6.54 Å². The van der Waals surface area contributed by atoms with Gasteiger partial charge in [0.25, 0.3) is 5.22 Å². The van der Waals surface area contributed by atoms with Gasteiger partial charge in [-0.2, -0.15) is 0 Å². The third-order valence-electron chi connectivity index (χ3n) is 3.49. The lowest BCUT2D eigenvalue weighted by molar-refractivity contribution is -0.120. The first-order valence-corrected chi connectivity index (χ1v) is 7.84. The van der Waals surface area contributed by atoms with E-state index in [1.807, 2.05) is 38.1 Å². The van der Waals surface area contributed by atoms with Crippen LogP contribution < -0.4 is 5.32 Å². The van der Waals surface area contributed by atoms with E-state index in [1.54, 1.807) is 6.92 Å². The van der Waals surface area contributed by atoms with E-state index >= 15 is 0 Å². The Morgan fingerprint density at radius 1 is 1.48 bits per heavy atom. The molecule has 1 atom stereocenters. The van der Waals surface area contributed by atoms with Crippen LogP contribution in [-0.4, -0.2) is 33.9 Å². The van der Waals surface area contributed by atoms with Crippen LogP contribution >= 0.6 is 11.8 Å². The molecule has 0 aliphatic carbocycles. The van der Waals surface area contributed by atoms with Crippen LogP contribution in [0.3, 0.4) is 0 Å². The first-order chi connectivity index (χ1) is 9.88. The second-order valence-electron chi connectivity index (χ2n) is 5.52. The fraction of sp³-hybridized carbons (Fsp3) is 0.467. The summed E-state index contributed by atoms with van der Waals surface area (Å²) in [6.07, 6.45) is 0. The van der Waals surface area contributed by atoms with E-state index in [4.69, 9.17) is 4.42 Å². The van der Waals surface area contributed by atoms with Crippen molar-refractivity contribution >= 4 is 28.8 Å². The molecule has 6 heteroatoms. The number of para-hydroxylation sites is 2. The molecular weight excluding hydrogens is 288 g/mol. The minimum atomic E-state index is -0.905. The average Bonchev–Trinajstić information content (AvgIpc) is 2.85. The first-order valence-electron chi connectivity index (χ1n) is 6.86. The zero-order valence-electron chi connectivity index (χ0n) is 12.4. The number of hydrogen-bond acceptors (Lipinski definition) is 5. The van der Waals surface area contributed by atoms with Crippen molar-refractivity contribution in [3.8, 4) is 0 Å². The number of aliphatic hydroxyl groups is 1. The quantitative estimate of drug-likeness (QED) is 0.802. The van der Waals surface area contributed by atoms with E-state index in [9.17, 15) is 9.90 Å². The molecule has 5 nitrogen and oxygen atoms in total. The number of oxazole rings is 1. The Hall–Kier alpha value is -1.53. The van der Waals surface area contributed by atoms with Crippen molar-refractivity contribution in [2.45, 2.75) is 31.6 Å². The van der Waals surface area contributed by atoms with Gasteiger partial charge in [0.15, 0.2) is 5.58 Å². The predicted octanol–water partition coefficient (Wildman–Crippen LogP) is 2.44. The molecule has 1 unspecified atom stereocenters. The number of aromatic nitrogens is 1. The summed E-state index contributed by atoms with van der Waals surface area (Å²) in [6.45, 7) is 5.78. The zero-order chi connectivity index (χ0) is 15.5. The van der Waals surface area contributed by atoms with Gasteiger partial charge in [0.05, 0.1) is 11.4 Å². The van der Waals surface area contributed by atoms with Crippen LogP contribution in [0.1, 0.15) is 20.8 Å². The van der Waals surface area contributed by atoms with Crippen molar-refractivity contribution in [1.82, 2.24) is 10.3 Å². The minimum absolute atomic E-state index is 0.0718. The fourth-order valence-corrected chi connectivity index (χ4v) is 2.24. The van der Waals surface area contributed by atoms with E-state index in [0.29, 0.717) is 10.8 Å². The number of carbonyl (C=O) groups is 1. The zero-order valence-corrected chi connectivity index (χ0v) is 13.2. The van der Waals surface area contributed by atoms with Crippen LogP contribution in [0.25, 0.3) is 11.1 Å². The van der Waals surface area contributed by atoms with Crippen molar-refractivity contribution in [2.75, 3.05) is 12.3 Å². The fourth-order valence-electron chi connectivity index (χ4n) is 1.57. The van der Waals surface area contributed by atoms with Crippen molar-refractivity contribution in [1.29, 1.82) is 0 Å². The molecule has 1 heterocycles. The van der Waals surface area contributed by atoms with Crippen molar-refractivity contribution < 1.29 is 14.3 Å². The highest BCUT2D eigenvalue weighted by Crippen LogP contribution is 2.23. The Kier molecular flexibility index (Phi) is 4.90. The number of benzene rings is 1. The molecule has 114 valence electrons. The molecule has 0 saturated carbocycles. The third kappa shape index (κ3) is 4.22. The Morgan fingerprint density at radius 3 is 2.86 bits per heavy atom. The molecular formula is C15H20N2O3S. The number of nitrogens with one attached hydrogen (secondary N) is 1. The Bertz CT molecular complexity index is 589. The highest BCUT2D eigenvalue weighted by Gasteiger charge is 2.25. The summed E-state index contributed by atoms with van der Waals surface area (Å²) in [4.78, 5) is 16.1. The lowest BCUT2D eigenvalue weighted by Gasteiger charge is -2.27. The lowest BCUT2D eigenvalue weighted by atomic mass is 9.93. The maximum absolute atomic E-state index is 11.8. The summed E-state index contributed by atoms with van der Waals surface area (Å²) in [7, 11) is 0. The third-order valence-corrected chi connectivity index (χ3v) is 4.32. The number of thioether (sulfide) groups is 1. The van der Waals surface area contributed by atoms with Gasteiger partial charge in [-0.3, -0.25) is 4.79 Å². The standard InChI is InChI=1S/C15H20N2O3S/c1-10(2)15(3,19)9-16-13(18)8-21-14-17-11-6-4-5-7-12(11)20-14/h4-7,10,19H,8-9H2,1-3H3,(H,16,18). The summed E-state index contributed by atoms with van der Waals surface area (Å²) in [5.41, 5.74) is 0.587. The van der Waals surface area contributed by atoms with Gasteiger partial charge >= 0.3 is 0 Å². The highest BCUT2D eigenvalue weighted by molar-refractivity contribution is 7.99. The Balaban J connectivity index is 1.84. The molecule has 0 radical (unpaired) electrons. The Labute approximate surface area is 128 Å². The highest BCUT2D eigenvalue weighted by atomic mass is 32.2. The van der Waals surface area contributed by atoms with Gasteiger partial charge in [0.2, 0.25) is 5.91 Å². The topological polar surface area (TPSA) is 75.4 Å². The summed E-state index contributed by atoms with van der Waals surface area (Å²) >= 11 is 1.24. The van der Waals surface area contributed by atoms with Crippen LogP contribution in [0.4, 0.5) is 0 Å². The van der Waals surface area contributed by atoms with E-state index in [2.05, 4.69) is 10.3 Å². The summed E-state index contributed by atoms with van der Waals surface area (Å²) in [5, 5.41) is 13.3. The molecule has 2 rings (SSSR count). The van der Waals surface area contributed by atoms with Crippen LogP contribution in [0.5, 0.6) is 0 Å². The molecule has 1 amide bonds. The minimum Gasteiger partial charge on any atom is -0.431 e. The molecule has 0 bridgehead atoms. The van der Waals surface area contributed by atoms with Gasteiger partial charge in [-0.15, -0.1) is 0 Å². The summed E-state index contributed by atoms with van der Waals surface area (Å²) < 4.78 is 5.52. The molecule has 1 aromatic heterocycles. The molecule has 0 fully saturated rings. The second-order valence-corrected chi connectivity index (χ2v) is 6.45. The smallest absolute Gasteiger partial charge is 0.257 e.